The molecule has 2 saturated carbocycles. The van der Waals surface area contributed by atoms with E-state index in [1.807, 2.05) is 6.92 Å². The van der Waals surface area contributed by atoms with Crippen LogP contribution in [-0.4, -0.2) is 83.1 Å². The molecule has 3 rings (SSSR count). The first-order valence-corrected chi connectivity index (χ1v) is 13.7. The molecule has 0 aromatic rings. The lowest BCUT2D eigenvalue weighted by atomic mass is 9.80. The Morgan fingerprint density at radius 1 is 0.889 bits per heavy atom. The van der Waals surface area contributed by atoms with Gasteiger partial charge in [-0.1, -0.05) is 51.9 Å². The molecule has 10 nitrogen and oxygen atoms in total. The van der Waals surface area contributed by atoms with Crippen LogP contribution in [0.3, 0.4) is 0 Å². The standard InChI is InChI=1S/C26H43N5O5/c1-3-4-12-21(22(33)23(34)27-20-10-6-7-11-20)28-24(35)26(13-8-5-9-14-26)29-25(36)31-17-15-30(16-18-31)19(2)32/h20-21H,3-18H2,1-2H3,(H,27,34)(H,28,35)(H,29,36). The lowest BCUT2D eigenvalue weighted by molar-refractivity contribution is -0.141. The van der Waals surface area contributed by atoms with Gasteiger partial charge in [0.2, 0.25) is 17.6 Å². The van der Waals surface area contributed by atoms with Gasteiger partial charge in [-0.2, -0.15) is 0 Å². The van der Waals surface area contributed by atoms with Crippen molar-refractivity contribution in [2.75, 3.05) is 26.2 Å². The van der Waals surface area contributed by atoms with Crippen molar-refractivity contribution in [3.63, 3.8) is 0 Å². The van der Waals surface area contributed by atoms with E-state index in [2.05, 4.69) is 16.0 Å². The molecule has 0 spiro atoms. The highest BCUT2D eigenvalue weighted by molar-refractivity contribution is 6.38. The molecule has 1 atom stereocenters. The number of amides is 5. The molecule has 0 radical (unpaired) electrons. The summed E-state index contributed by atoms with van der Waals surface area (Å²) in [5.41, 5.74) is -1.11. The fraction of sp³-hybridized carbons (Fsp3) is 0.808. The highest BCUT2D eigenvalue weighted by Gasteiger charge is 2.43. The number of ketones is 1. The van der Waals surface area contributed by atoms with Gasteiger partial charge in [0, 0.05) is 39.1 Å². The number of urea groups is 1. The number of nitrogens with one attached hydrogen (secondary N) is 3. The predicted molar refractivity (Wildman–Crippen MR) is 135 cm³/mol. The fourth-order valence-corrected chi connectivity index (χ4v) is 5.53. The van der Waals surface area contributed by atoms with Gasteiger partial charge < -0.3 is 25.8 Å². The molecular formula is C26H43N5O5. The van der Waals surface area contributed by atoms with Crippen LogP contribution in [0.15, 0.2) is 0 Å². The van der Waals surface area contributed by atoms with E-state index in [0.29, 0.717) is 51.9 Å². The zero-order valence-corrected chi connectivity index (χ0v) is 21.9. The molecule has 1 unspecified atom stereocenters. The molecule has 0 aromatic carbocycles. The van der Waals surface area contributed by atoms with Gasteiger partial charge in [-0.15, -0.1) is 0 Å². The summed E-state index contributed by atoms with van der Waals surface area (Å²) >= 11 is 0. The van der Waals surface area contributed by atoms with Crippen LogP contribution in [0.4, 0.5) is 4.79 Å². The molecule has 2 aliphatic carbocycles. The molecule has 1 aliphatic heterocycles. The van der Waals surface area contributed by atoms with E-state index >= 15 is 0 Å². The van der Waals surface area contributed by atoms with Gasteiger partial charge in [0.15, 0.2) is 0 Å². The van der Waals surface area contributed by atoms with E-state index in [1.165, 1.54) is 6.92 Å². The molecule has 1 saturated heterocycles. The van der Waals surface area contributed by atoms with Crippen molar-refractivity contribution < 1.29 is 24.0 Å². The SMILES string of the molecule is CCCCC(NC(=O)C1(NC(=O)N2CCN(C(C)=O)CC2)CCCCC1)C(=O)C(=O)NC1CCCC1. The van der Waals surface area contributed by atoms with Crippen LogP contribution >= 0.6 is 0 Å². The number of piperazine rings is 1. The summed E-state index contributed by atoms with van der Waals surface area (Å²) in [7, 11) is 0. The summed E-state index contributed by atoms with van der Waals surface area (Å²) in [5.74, 6) is -1.64. The molecular weight excluding hydrogens is 462 g/mol. The van der Waals surface area contributed by atoms with Crippen molar-refractivity contribution in [2.45, 2.75) is 109 Å². The molecule has 3 N–H and O–H groups in total. The Morgan fingerprint density at radius 3 is 2.08 bits per heavy atom. The van der Waals surface area contributed by atoms with Gasteiger partial charge in [0.1, 0.15) is 5.54 Å². The number of unbranched alkanes of at least 4 members (excludes halogenated alkanes) is 1. The first-order chi connectivity index (χ1) is 17.3. The van der Waals surface area contributed by atoms with Crippen LogP contribution in [0.5, 0.6) is 0 Å². The normalized spacial score (nSPS) is 20.9. The molecule has 0 aromatic heterocycles. The van der Waals surface area contributed by atoms with Crippen LogP contribution < -0.4 is 16.0 Å². The molecule has 3 aliphatic rings. The largest absolute Gasteiger partial charge is 0.347 e. The Kier molecular flexibility index (Phi) is 10.1. The molecule has 10 heteroatoms. The zero-order valence-electron chi connectivity index (χ0n) is 21.9. The maximum Gasteiger partial charge on any atom is 0.318 e. The quantitative estimate of drug-likeness (QED) is 0.412. The van der Waals surface area contributed by atoms with Gasteiger partial charge in [-0.3, -0.25) is 19.2 Å². The van der Waals surface area contributed by atoms with Crippen molar-refractivity contribution in [1.82, 2.24) is 25.8 Å². The van der Waals surface area contributed by atoms with E-state index in [-0.39, 0.29) is 23.9 Å². The molecule has 36 heavy (non-hydrogen) atoms. The second-order valence-electron chi connectivity index (χ2n) is 10.6. The van der Waals surface area contributed by atoms with Gasteiger partial charge >= 0.3 is 6.03 Å². The summed E-state index contributed by atoms with van der Waals surface area (Å²) in [4.78, 5) is 67.5. The van der Waals surface area contributed by atoms with E-state index in [4.69, 9.17) is 0 Å². The topological polar surface area (TPSA) is 128 Å². The Balaban J connectivity index is 1.67. The van der Waals surface area contributed by atoms with Crippen molar-refractivity contribution in [3.8, 4) is 0 Å². The van der Waals surface area contributed by atoms with Crippen LogP contribution in [0.2, 0.25) is 0 Å². The third kappa shape index (κ3) is 7.20. The van der Waals surface area contributed by atoms with Crippen LogP contribution in [0.1, 0.15) is 90.9 Å². The van der Waals surface area contributed by atoms with Crippen LogP contribution in [0, 0.1) is 0 Å². The van der Waals surface area contributed by atoms with Crippen molar-refractivity contribution in [1.29, 1.82) is 0 Å². The maximum atomic E-state index is 13.6. The van der Waals surface area contributed by atoms with Gasteiger partial charge in [-0.05, 0) is 32.1 Å². The van der Waals surface area contributed by atoms with Crippen molar-refractivity contribution in [3.05, 3.63) is 0 Å². The predicted octanol–water partition coefficient (Wildman–Crippen LogP) is 1.87. The van der Waals surface area contributed by atoms with Gasteiger partial charge in [-0.25, -0.2) is 4.79 Å². The van der Waals surface area contributed by atoms with Crippen LogP contribution in [0.25, 0.3) is 0 Å². The second-order valence-corrected chi connectivity index (χ2v) is 10.6. The lowest BCUT2D eigenvalue weighted by Gasteiger charge is -2.40. The highest BCUT2D eigenvalue weighted by atomic mass is 16.2. The number of hydrogen-bond donors (Lipinski definition) is 3. The minimum absolute atomic E-state index is 0.0158. The fourth-order valence-electron chi connectivity index (χ4n) is 5.53. The highest BCUT2D eigenvalue weighted by Crippen LogP contribution is 2.29. The van der Waals surface area contributed by atoms with Gasteiger partial charge in [0.05, 0.1) is 6.04 Å². The average Bonchev–Trinajstić information content (AvgIpc) is 3.39. The number of rotatable bonds is 9. The molecule has 3 fully saturated rings. The Hall–Kier alpha value is -2.65. The molecule has 202 valence electrons. The monoisotopic (exact) mass is 505 g/mol. The van der Waals surface area contributed by atoms with E-state index < -0.39 is 23.3 Å². The molecule has 5 amide bonds. The summed E-state index contributed by atoms with van der Waals surface area (Å²) in [6.45, 7) is 5.25. The number of hydrogen-bond acceptors (Lipinski definition) is 5. The number of carbonyl (C=O) groups is 5. The van der Waals surface area contributed by atoms with E-state index in [1.54, 1.807) is 9.80 Å². The number of Topliss-reactive ketones (excluding diaryl/α,β-unsaturated/α-hetero) is 1. The summed E-state index contributed by atoms with van der Waals surface area (Å²) in [6.07, 6.45) is 9.29. The average molecular weight is 506 g/mol. The molecule has 1 heterocycles. The van der Waals surface area contributed by atoms with Gasteiger partial charge in [0.25, 0.3) is 5.91 Å². The first-order valence-electron chi connectivity index (χ1n) is 13.7. The third-order valence-electron chi connectivity index (χ3n) is 7.88. The summed E-state index contributed by atoms with van der Waals surface area (Å²) in [5, 5.41) is 8.70. The smallest absolute Gasteiger partial charge is 0.318 e. The first kappa shape index (κ1) is 27.9. The van der Waals surface area contributed by atoms with E-state index in [9.17, 15) is 24.0 Å². The maximum absolute atomic E-state index is 13.6. The van der Waals surface area contributed by atoms with Crippen molar-refractivity contribution in [2.24, 2.45) is 0 Å². The second kappa shape index (κ2) is 13.1. The van der Waals surface area contributed by atoms with E-state index in [0.717, 1.165) is 51.4 Å². The van der Waals surface area contributed by atoms with Crippen LogP contribution in [-0.2, 0) is 19.2 Å². The lowest BCUT2D eigenvalue weighted by Crippen LogP contribution is -2.65. The molecule has 0 bridgehead atoms. The Bertz CT molecular complexity index is 812. The minimum atomic E-state index is -1.11. The number of carbonyl (C=O) groups excluding carboxylic acids is 5. The zero-order chi connectivity index (χ0) is 26.1. The van der Waals surface area contributed by atoms with Crippen molar-refractivity contribution >= 4 is 29.5 Å². The Labute approximate surface area is 214 Å². The Morgan fingerprint density at radius 2 is 1.50 bits per heavy atom. The third-order valence-corrected chi connectivity index (χ3v) is 7.88. The number of nitrogens with zero attached hydrogens (tertiary/aromatic N) is 2. The summed E-state index contributed by atoms with van der Waals surface area (Å²) < 4.78 is 0. The minimum Gasteiger partial charge on any atom is -0.347 e. The summed E-state index contributed by atoms with van der Waals surface area (Å²) in [6, 6.07) is -1.21.